The van der Waals surface area contributed by atoms with E-state index in [0.717, 1.165) is 19.5 Å². The van der Waals surface area contributed by atoms with E-state index in [2.05, 4.69) is 10.0 Å². The lowest BCUT2D eigenvalue weighted by atomic mass is 10.4. The maximum absolute atomic E-state index is 10.8. The summed E-state index contributed by atoms with van der Waals surface area (Å²) in [7, 11) is 1.91. The van der Waals surface area contributed by atoms with Crippen molar-refractivity contribution in [3.63, 3.8) is 0 Å². The molecule has 1 unspecified atom stereocenters. The van der Waals surface area contributed by atoms with Gasteiger partial charge in [-0.2, -0.15) is 0 Å². The van der Waals surface area contributed by atoms with Crippen molar-refractivity contribution in [3.8, 4) is 0 Å². The van der Waals surface area contributed by atoms with Crippen LogP contribution in [0.15, 0.2) is 0 Å². The lowest BCUT2D eigenvalue weighted by molar-refractivity contribution is 0.577. The van der Waals surface area contributed by atoms with Gasteiger partial charge in [0.2, 0.25) is 0 Å². The Morgan fingerprint density at radius 3 is 2.60 bits per heavy atom. The van der Waals surface area contributed by atoms with Crippen molar-refractivity contribution in [3.05, 3.63) is 0 Å². The number of rotatable bonds is 6. The zero-order chi connectivity index (χ0) is 7.82. The highest BCUT2D eigenvalue weighted by atomic mass is 32.2. The first-order chi connectivity index (χ1) is 4.81. The van der Waals surface area contributed by atoms with Crippen LogP contribution in [-0.2, 0) is 11.4 Å². The van der Waals surface area contributed by atoms with Gasteiger partial charge in [0.05, 0.1) is 0 Å². The summed E-state index contributed by atoms with van der Waals surface area (Å²) in [6.07, 6.45) is 1.03. The highest BCUT2D eigenvalue weighted by Crippen LogP contribution is 1.82. The summed E-state index contributed by atoms with van der Waals surface area (Å²) >= 11 is -0.808. The molecule has 0 aliphatic rings. The highest BCUT2D eigenvalue weighted by molar-refractivity contribution is 7.89. The minimum atomic E-state index is -0.808. The van der Waals surface area contributed by atoms with E-state index in [0.29, 0.717) is 5.75 Å². The van der Waals surface area contributed by atoms with E-state index in [1.54, 1.807) is 0 Å². The first kappa shape index (κ1) is 10.2. The van der Waals surface area contributed by atoms with E-state index >= 15 is 0 Å². The average molecular weight is 164 g/mol. The van der Waals surface area contributed by atoms with Crippen LogP contribution in [0.25, 0.3) is 0 Å². The molecule has 0 aliphatic heterocycles. The van der Waals surface area contributed by atoms with E-state index in [1.165, 1.54) is 0 Å². The van der Waals surface area contributed by atoms with Gasteiger partial charge in [0.25, 0.3) is 0 Å². The second-order valence-corrected chi connectivity index (χ2v) is 3.54. The third-order valence-electron chi connectivity index (χ3n) is 1.13. The fourth-order valence-electron chi connectivity index (χ4n) is 0.553. The van der Waals surface area contributed by atoms with Crippen molar-refractivity contribution in [1.82, 2.24) is 10.0 Å². The second-order valence-electron chi connectivity index (χ2n) is 1.99. The Balaban J connectivity index is 2.89. The van der Waals surface area contributed by atoms with Crippen molar-refractivity contribution in [2.24, 2.45) is 0 Å². The molecule has 0 heterocycles. The Morgan fingerprint density at radius 1 is 1.40 bits per heavy atom. The van der Waals surface area contributed by atoms with E-state index in [4.69, 9.17) is 0 Å². The molecule has 0 aromatic heterocycles. The normalized spacial score (nSPS) is 13.5. The Bertz CT molecular complexity index is 72.8. The summed E-state index contributed by atoms with van der Waals surface area (Å²) in [5.74, 6) is 0.694. The van der Waals surface area contributed by atoms with Gasteiger partial charge in [0, 0.05) is 17.9 Å². The number of nitrogens with one attached hydrogen (secondary N) is 2. The summed E-state index contributed by atoms with van der Waals surface area (Å²) in [6.45, 7) is 3.72. The molecule has 0 bridgehead atoms. The van der Waals surface area contributed by atoms with Gasteiger partial charge in [0.15, 0.2) is 0 Å². The summed E-state index contributed by atoms with van der Waals surface area (Å²) in [4.78, 5) is 0. The zero-order valence-electron chi connectivity index (χ0n) is 6.64. The van der Waals surface area contributed by atoms with Gasteiger partial charge in [-0.1, -0.05) is 0 Å². The topological polar surface area (TPSA) is 47.1 Å². The quantitative estimate of drug-likeness (QED) is 0.424. The molecular formula is C6H16N2OS. The Labute approximate surface area is 65.9 Å². The van der Waals surface area contributed by atoms with E-state index in [1.807, 2.05) is 14.0 Å². The molecule has 0 aromatic rings. The van der Waals surface area contributed by atoms with Crippen LogP contribution in [0.4, 0.5) is 0 Å². The van der Waals surface area contributed by atoms with E-state index in [-0.39, 0.29) is 0 Å². The molecule has 10 heavy (non-hydrogen) atoms. The van der Waals surface area contributed by atoms with Gasteiger partial charge in [-0.3, -0.25) is 0 Å². The van der Waals surface area contributed by atoms with E-state index < -0.39 is 11.4 Å². The van der Waals surface area contributed by atoms with Crippen molar-refractivity contribution >= 4 is 11.4 Å². The van der Waals surface area contributed by atoms with Gasteiger partial charge in [-0.05, 0) is 26.9 Å². The molecular weight excluding hydrogens is 148 g/mol. The summed E-state index contributed by atoms with van der Waals surface area (Å²) in [6, 6.07) is 0. The highest BCUT2D eigenvalue weighted by Gasteiger charge is 1.98. The monoisotopic (exact) mass is 164 g/mol. The van der Waals surface area contributed by atoms with Crippen molar-refractivity contribution < 1.29 is 4.55 Å². The predicted octanol–water partition coefficient (Wildman–Crippen LogP) is -0.131. The molecule has 0 fully saturated rings. The van der Waals surface area contributed by atoms with Gasteiger partial charge >= 0.3 is 0 Å². The molecule has 4 heteroatoms. The largest absolute Gasteiger partial charge is 0.598 e. The maximum atomic E-state index is 10.8. The molecule has 1 atom stereocenters. The van der Waals surface area contributed by atoms with Gasteiger partial charge in [-0.25, -0.2) is 0 Å². The molecule has 0 radical (unpaired) electrons. The van der Waals surface area contributed by atoms with Crippen LogP contribution in [0.5, 0.6) is 0 Å². The third kappa shape index (κ3) is 6.35. The van der Waals surface area contributed by atoms with Gasteiger partial charge < -0.3 is 9.87 Å². The Hall–Kier alpha value is 0.230. The van der Waals surface area contributed by atoms with Crippen LogP contribution >= 0.6 is 0 Å². The molecule has 0 aromatic carbocycles. The lowest BCUT2D eigenvalue weighted by Gasteiger charge is -2.07. The number of hydrogen-bond acceptors (Lipinski definition) is 3. The van der Waals surface area contributed by atoms with Crippen LogP contribution in [0.3, 0.4) is 0 Å². The molecule has 62 valence electrons. The first-order valence-electron chi connectivity index (χ1n) is 3.57. The van der Waals surface area contributed by atoms with Crippen LogP contribution in [0.1, 0.15) is 13.3 Å². The van der Waals surface area contributed by atoms with Crippen molar-refractivity contribution in [2.75, 3.05) is 25.9 Å². The minimum Gasteiger partial charge on any atom is -0.598 e. The average Bonchev–Trinajstić information content (AvgIpc) is 1.98. The molecule has 0 rings (SSSR count). The minimum absolute atomic E-state index is 0.694. The van der Waals surface area contributed by atoms with Gasteiger partial charge in [0.1, 0.15) is 5.75 Å². The molecule has 2 N–H and O–H groups in total. The van der Waals surface area contributed by atoms with Crippen molar-refractivity contribution in [1.29, 1.82) is 0 Å². The number of hydrogen-bond donors (Lipinski definition) is 2. The molecule has 0 spiro atoms. The summed E-state index contributed by atoms with van der Waals surface area (Å²) in [5.41, 5.74) is 0. The first-order valence-corrected chi connectivity index (χ1v) is 4.89. The fraction of sp³-hybridized carbons (Fsp3) is 1.00. The third-order valence-corrected chi connectivity index (χ3v) is 2.18. The standard InChI is InChI=1S/C6H16N2OS/c1-3-10(9)8-6-4-5-7-2/h7-8H,3-6H2,1-2H3. The van der Waals surface area contributed by atoms with Crippen LogP contribution in [0, 0.1) is 0 Å². The van der Waals surface area contributed by atoms with Gasteiger partial charge in [-0.15, -0.1) is 4.72 Å². The summed E-state index contributed by atoms with van der Waals surface area (Å²) in [5, 5.41) is 3.02. The molecule has 0 saturated heterocycles. The molecule has 0 saturated carbocycles. The maximum Gasteiger partial charge on any atom is 0.122 e. The second kappa shape index (κ2) is 7.34. The summed E-state index contributed by atoms with van der Waals surface area (Å²) < 4.78 is 13.7. The Morgan fingerprint density at radius 2 is 2.10 bits per heavy atom. The van der Waals surface area contributed by atoms with Crippen LogP contribution < -0.4 is 10.0 Å². The fourth-order valence-corrected chi connectivity index (χ4v) is 1.13. The predicted molar refractivity (Wildman–Crippen MR) is 45.2 cm³/mol. The Kier molecular flexibility index (Phi) is 7.51. The van der Waals surface area contributed by atoms with E-state index in [9.17, 15) is 4.55 Å². The van der Waals surface area contributed by atoms with Crippen LogP contribution in [0.2, 0.25) is 0 Å². The zero-order valence-corrected chi connectivity index (χ0v) is 7.46. The smallest absolute Gasteiger partial charge is 0.122 e. The molecule has 0 aliphatic carbocycles. The molecule has 0 amide bonds. The molecule has 3 nitrogen and oxygen atoms in total. The van der Waals surface area contributed by atoms with Crippen LogP contribution in [-0.4, -0.2) is 30.4 Å². The lowest BCUT2D eigenvalue weighted by Crippen LogP contribution is -2.27. The van der Waals surface area contributed by atoms with Crippen molar-refractivity contribution in [2.45, 2.75) is 13.3 Å². The SMILES string of the molecule is CC[S+]([O-])NCCCNC.